The molecular weight excluding hydrogens is 238 g/mol. The fourth-order valence-electron chi connectivity index (χ4n) is 1.85. The number of benzene rings is 1. The summed E-state index contributed by atoms with van der Waals surface area (Å²) in [5, 5.41) is 6.36. The van der Waals surface area contributed by atoms with Crippen LogP contribution in [0.1, 0.15) is 19.4 Å². The summed E-state index contributed by atoms with van der Waals surface area (Å²) in [6.07, 6.45) is 0. The highest BCUT2D eigenvalue weighted by molar-refractivity contribution is 6.32. The first-order valence-corrected chi connectivity index (χ1v) is 5.85. The molecule has 0 aliphatic carbocycles. The van der Waals surface area contributed by atoms with Gasteiger partial charge in [-0.25, -0.2) is 0 Å². The lowest BCUT2D eigenvalue weighted by molar-refractivity contribution is -0.123. The van der Waals surface area contributed by atoms with E-state index >= 15 is 0 Å². The van der Waals surface area contributed by atoms with Crippen LogP contribution in [0.3, 0.4) is 0 Å². The Kier molecular flexibility index (Phi) is 3.07. The minimum absolute atomic E-state index is 0.141. The molecule has 0 radical (unpaired) electrons. The van der Waals surface area contributed by atoms with Gasteiger partial charge in [-0.1, -0.05) is 29.8 Å². The summed E-state index contributed by atoms with van der Waals surface area (Å²) in [5.41, 5.74) is -0.104. The van der Waals surface area contributed by atoms with Crippen LogP contribution in [0.25, 0.3) is 0 Å². The molecule has 1 fully saturated rings. The molecule has 1 aliphatic rings. The van der Waals surface area contributed by atoms with Crippen LogP contribution in [0, 0.1) is 0 Å². The maximum Gasteiger partial charge on any atom is 0.256 e. The van der Waals surface area contributed by atoms with Crippen molar-refractivity contribution >= 4 is 23.5 Å². The van der Waals surface area contributed by atoms with Gasteiger partial charge in [0, 0.05) is 17.1 Å². The van der Waals surface area contributed by atoms with Crippen LogP contribution < -0.4 is 10.6 Å². The molecule has 1 aromatic carbocycles. The molecular formula is C12H14ClN3O. The maximum atomic E-state index is 12.0. The van der Waals surface area contributed by atoms with Crippen molar-refractivity contribution in [2.24, 2.45) is 4.99 Å². The van der Waals surface area contributed by atoms with Gasteiger partial charge in [0.15, 0.2) is 5.96 Å². The van der Waals surface area contributed by atoms with Crippen molar-refractivity contribution in [3.05, 3.63) is 34.9 Å². The van der Waals surface area contributed by atoms with Crippen molar-refractivity contribution in [1.82, 2.24) is 10.6 Å². The third-order valence-corrected chi connectivity index (χ3v) is 3.11. The highest BCUT2D eigenvalue weighted by Crippen LogP contribution is 2.30. The van der Waals surface area contributed by atoms with E-state index in [9.17, 15) is 4.79 Å². The van der Waals surface area contributed by atoms with Gasteiger partial charge in [0.25, 0.3) is 5.91 Å². The molecule has 2 N–H and O–H groups in total. The zero-order chi connectivity index (χ0) is 12.5. The van der Waals surface area contributed by atoms with E-state index in [1.54, 1.807) is 13.0 Å². The number of hydrogen-bond donors (Lipinski definition) is 2. The fraction of sp³-hybridized carbons (Fsp3) is 0.333. The number of carbonyl (C=O) groups excluding carboxylic acids is 1. The largest absolute Gasteiger partial charge is 0.338 e. The van der Waals surface area contributed by atoms with Crippen LogP contribution in [0.4, 0.5) is 0 Å². The molecule has 0 bridgehead atoms. The number of nitrogens with one attached hydrogen (secondary N) is 2. The average molecular weight is 252 g/mol. The number of rotatable bonds is 2. The van der Waals surface area contributed by atoms with E-state index in [4.69, 9.17) is 11.6 Å². The molecule has 1 aliphatic heterocycles. The highest BCUT2D eigenvalue weighted by atomic mass is 35.5. The lowest BCUT2D eigenvalue weighted by Crippen LogP contribution is -2.41. The van der Waals surface area contributed by atoms with Gasteiger partial charge in [0.1, 0.15) is 5.54 Å². The van der Waals surface area contributed by atoms with E-state index in [1.165, 1.54) is 0 Å². The molecule has 0 aromatic heterocycles. The smallest absolute Gasteiger partial charge is 0.256 e. The van der Waals surface area contributed by atoms with Gasteiger partial charge in [0.2, 0.25) is 0 Å². The Balaban J connectivity index is 2.41. The number of aliphatic imine (C=N–C) groups is 1. The van der Waals surface area contributed by atoms with Crippen molar-refractivity contribution < 1.29 is 4.79 Å². The summed E-state index contributed by atoms with van der Waals surface area (Å²) in [5.74, 6) is 0.359. The van der Waals surface area contributed by atoms with Crippen LogP contribution in [0.15, 0.2) is 29.3 Å². The van der Waals surface area contributed by atoms with Crippen molar-refractivity contribution in [2.75, 3.05) is 6.54 Å². The molecule has 5 heteroatoms. The second-order valence-corrected chi connectivity index (χ2v) is 4.41. The Hall–Kier alpha value is -1.55. The molecule has 1 saturated heterocycles. The van der Waals surface area contributed by atoms with Gasteiger partial charge in [-0.2, -0.15) is 0 Å². The molecule has 0 saturated carbocycles. The quantitative estimate of drug-likeness (QED) is 0.840. The molecule has 1 amide bonds. The minimum Gasteiger partial charge on any atom is -0.338 e. The Morgan fingerprint density at radius 2 is 2.12 bits per heavy atom. The molecule has 90 valence electrons. The van der Waals surface area contributed by atoms with E-state index in [0.29, 0.717) is 17.5 Å². The normalized spacial score (nSPS) is 25.8. The molecule has 1 aromatic rings. The van der Waals surface area contributed by atoms with Crippen LogP contribution in [-0.4, -0.2) is 18.4 Å². The Labute approximate surface area is 105 Å². The minimum atomic E-state index is -0.855. The Morgan fingerprint density at radius 1 is 1.41 bits per heavy atom. The van der Waals surface area contributed by atoms with Gasteiger partial charge in [-0.15, -0.1) is 0 Å². The number of halogens is 1. The van der Waals surface area contributed by atoms with Gasteiger partial charge in [-0.3, -0.25) is 15.1 Å². The average Bonchev–Trinajstić information content (AvgIpc) is 2.56. The first-order valence-electron chi connectivity index (χ1n) is 5.47. The predicted molar refractivity (Wildman–Crippen MR) is 68.1 cm³/mol. The van der Waals surface area contributed by atoms with E-state index in [-0.39, 0.29) is 5.91 Å². The monoisotopic (exact) mass is 251 g/mol. The SMILES string of the molecule is CCN=C1NC(=O)C(C)(c2ccccc2Cl)N1. The Bertz CT molecular complexity index is 486. The van der Waals surface area contributed by atoms with Crippen molar-refractivity contribution in [3.8, 4) is 0 Å². The second kappa shape index (κ2) is 4.37. The molecule has 1 unspecified atom stereocenters. The van der Waals surface area contributed by atoms with Gasteiger partial charge in [-0.05, 0) is 19.9 Å². The number of amides is 1. The third-order valence-electron chi connectivity index (χ3n) is 2.78. The van der Waals surface area contributed by atoms with Crippen molar-refractivity contribution in [2.45, 2.75) is 19.4 Å². The lowest BCUT2D eigenvalue weighted by Gasteiger charge is -2.22. The molecule has 4 nitrogen and oxygen atoms in total. The first-order chi connectivity index (χ1) is 8.08. The predicted octanol–water partition coefficient (Wildman–Crippen LogP) is 1.65. The van der Waals surface area contributed by atoms with Gasteiger partial charge >= 0.3 is 0 Å². The van der Waals surface area contributed by atoms with E-state index < -0.39 is 5.54 Å². The third kappa shape index (κ3) is 2.00. The van der Waals surface area contributed by atoms with E-state index in [1.807, 2.05) is 25.1 Å². The van der Waals surface area contributed by atoms with Gasteiger partial charge in [0.05, 0.1) is 0 Å². The Morgan fingerprint density at radius 3 is 2.76 bits per heavy atom. The van der Waals surface area contributed by atoms with Crippen LogP contribution in [0.5, 0.6) is 0 Å². The summed E-state index contributed by atoms with van der Waals surface area (Å²) in [6.45, 7) is 4.31. The number of hydrogen-bond acceptors (Lipinski definition) is 2. The van der Waals surface area contributed by atoms with E-state index in [0.717, 1.165) is 5.56 Å². The zero-order valence-electron chi connectivity index (χ0n) is 9.75. The lowest BCUT2D eigenvalue weighted by atomic mass is 9.92. The molecule has 17 heavy (non-hydrogen) atoms. The number of nitrogens with zero attached hydrogens (tertiary/aromatic N) is 1. The first kappa shape index (κ1) is 11.9. The fourth-order valence-corrected chi connectivity index (χ4v) is 2.18. The standard InChI is InChI=1S/C12H14ClN3O/c1-3-14-11-15-10(17)12(2,16-11)8-6-4-5-7-9(8)13/h4-7H,3H2,1-2H3,(H2,14,15,16,17). The summed E-state index contributed by atoms with van der Waals surface area (Å²) < 4.78 is 0. The summed E-state index contributed by atoms with van der Waals surface area (Å²) in [6, 6.07) is 7.30. The van der Waals surface area contributed by atoms with Crippen LogP contribution in [0.2, 0.25) is 5.02 Å². The summed E-state index contributed by atoms with van der Waals surface area (Å²) >= 11 is 6.12. The summed E-state index contributed by atoms with van der Waals surface area (Å²) in [4.78, 5) is 16.2. The zero-order valence-corrected chi connectivity index (χ0v) is 10.5. The van der Waals surface area contributed by atoms with Gasteiger partial charge < -0.3 is 5.32 Å². The van der Waals surface area contributed by atoms with Crippen LogP contribution >= 0.6 is 11.6 Å². The van der Waals surface area contributed by atoms with Crippen molar-refractivity contribution in [1.29, 1.82) is 0 Å². The second-order valence-electron chi connectivity index (χ2n) is 4.01. The van der Waals surface area contributed by atoms with E-state index in [2.05, 4.69) is 15.6 Å². The topological polar surface area (TPSA) is 53.5 Å². The molecule has 1 heterocycles. The summed E-state index contributed by atoms with van der Waals surface area (Å²) in [7, 11) is 0. The number of guanidine groups is 1. The highest BCUT2D eigenvalue weighted by Gasteiger charge is 2.43. The maximum absolute atomic E-state index is 12.0. The molecule has 0 spiro atoms. The van der Waals surface area contributed by atoms with Crippen LogP contribution in [-0.2, 0) is 10.3 Å². The molecule has 1 atom stereocenters. The van der Waals surface area contributed by atoms with Crippen molar-refractivity contribution in [3.63, 3.8) is 0 Å². The molecule has 2 rings (SSSR count). The number of carbonyl (C=O) groups is 1.